The molecule has 7 nitrogen and oxygen atoms in total. The molecule has 26 heavy (non-hydrogen) atoms. The zero-order chi connectivity index (χ0) is 18.8. The number of carbonyl (C=O) groups excluding carboxylic acids is 1. The fourth-order valence-electron chi connectivity index (χ4n) is 2.80. The van der Waals surface area contributed by atoms with Gasteiger partial charge in [-0.1, -0.05) is 35.3 Å². The van der Waals surface area contributed by atoms with Crippen molar-refractivity contribution in [1.82, 2.24) is 9.88 Å². The number of carbonyl (C=O) groups is 1. The van der Waals surface area contributed by atoms with Gasteiger partial charge in [-0.15, -0.1) is 0 Å². The molecule has 1 aromatic carbocycles. The van der Waals surface area contributed by atoms with Crippen molar-refractivity contribution in [2.75, 3.05) is 19.7 Å². The number of rotatable bonds is 3. The molecule has 0 bridgehead atoms. The van der Waals surface area contributed by atoms with E-state index in [1.165, 1.54) is 6.07 Å². The van der Waals surface area contributed by atoms with E-state index in [-0.39, 0.29) is 23.7 Å². The van der Waals surface area contributed by atoms with Crippen LogP contribution in [-0.2, 0) is 4.74 Å². The lowest BCUT2D eigenvalue weighted by molar-refractivity contribution is -0.385. The summed E-state index contributed by atoms with van der Waals surface area (Å²) in [6, 6.07) is 6.49. The van der Waals surface area contributed by atoms with E-state index in [1.54, 1.807) is 30.0 Å². The summed E-state index contributed by atoms with van der Waals surface area (Å²) < 4.78 is 5.75. The molecule has 1 amide bonds. The molecule has 0 N–H and O–H groups in total. The Bertz CT molecular complexity index is 875. The number of pyridine rings is 1. The average Bonchev–Trinajstić information content (AvgIpc) is 2.63. The highest BCUT2D eigenvalue weighted by atomic mass is 35.5. The van der Waals surface area contributed by atoms with E-state index in [1.807, 2.05) is 0 Å². The zero-order valence-electron chi connectivity index (χ0n) is 13.8. The van der Waals surface area contributed by atoms with Gasteiger partial charge in [-0.25, -0.2) is 0 Å². The molecular formula is C17H15Cl2N3O4. The number of nitro groups is 1. The van der Waals surface area contributed by atoms with Gasteiger partial charge in [-0.05, 0) is 13.0 Å². The Balaban J connectivity index is 1.86. The zero-order valence-corrected chi connectivity index (χ0v) is 15.3. The van der Waals surface area contributed by atoms with Crippen LogP contribution < -0.4 is 0 Å². The quantitative estimate of drug-likeness (QED) is 0.582. The maximum absolute atomic E-state index is 12.9. The summed E-state index contributed by atoms with van der Waals surface area (Å²) in [7, 11) is 0. The van der Waals surface area contributed by atoms with Gasteiger partial charge in [0.05, 0.1) is 39.4 Å². The third-order valence-electron chi connectivity index (χ3n) is 4.20. The molecule has 0 spiro atoms. The average molecular weight is 396 g/mol. The summed E-state index contributed by atoms with van der Waals surface area (Å²) in [5.74, 6) is -0.329. The van der Waals surface area contributed by atoms with E-state index < -0.39 is 11.0 Å². The third kappa shape index (κ3) is 3.65. The Kier molecular flexibility index (Phi) is 5.41. The summed E-state index contributed by atoms with van der Waals surface area (Å²) in [5, 5.41) is 11.8. The third-order valence-corrected chi connectivity index (χ3v) is 5.03. The SMILES string of the molecule is Cc1ncc([N+](=O)[O-])cc1C(=O)N1CCOC(c2cccc(Cl)c2Cl)C1. The number of hydrogen-bond donors (Lipinski definition) is 0. The molecule has 1 fully saturated rings. The van der Waals surface area contributed by atoms with Crippen molar-refractivity contribution < 1.29 is 14.5 Å². The minimum Gasteiger partial charge on any atom is -0.370 e. The molecule has 1 atom stereocenters. The van der Waals surface area contributed by atoms with E-state index in [9.17, 15) is 14.9 Å². The van der Waals surface area contributed by atoms with Gasteiger partial charge in [0.15, 0.2) is 0 Å². The highest BCUT2D eigenvalue weighted by Gasteiger charge is 2.29. The Labute approximate surface area is 159 Å². The maximum atomic E-state index is 12.9. The molecule has 9 heteroatoms. The summed E-state index contributed by atoms with van der Waals surface area (Å²) >= 11 is 12.3. The van der Waals surface area contributed by atoms with E-state index >= 15 is 0 Å². The summed E-state index contributed by atoms with van der Waals surface area (Å²) in [4.78, 5) is 28.8. The van der Waals surface area contributed by atoms with Gasteiger partial charge in [0, 0.05) is 18.2 Å². The van der Waals surface area contributed by atoms with Gasteiger partial charge < -0.3 is 9.64 Å². The fraction of sp³-hybridized carbons (Fsp3) is 0.294. The lowest BCUT2D eigenvalue weighted by Crippen LogP contribution is -2.42. The van der Waals surface area contributed by atoms with Crippen molar-refractivity contribution in [3.63, 3.8) is 0 Å². The Hall–Kier alpha value is -2.22. The first kappa shape index (κ1) is 18.6. The fourth-order valence-corrected chi connectivity index (χ4v) is 3.23. The maximum Gasteiger partial charge on any atom is 0.288 e. The topological polar surface area (TPSA) is 85.6 Å². The number of nitrogens with zero attached hydrogens (tertiary/aromatic N) is 3. The number of benzene rings is 1. The molecule has 1 aliphatic rings. The Morgan fingerprint density at radius 1 is 1.42 bits per heavy atom. The van der Waals surface area contributed by atoms with Crippen molar-refractivity contribution in [2.45, 2.75) is 13.0 Å². The minimum atomic E-state index is -0.572. The van der Waals surface area contributed by atoms with Gasteiger partial charge in [0.2, 0.25) is 0 Å². The van der Waals surface area contributed by atoms with Crippen LogP contribution in [0, 0.1) is 17.0 Å². The molecule has 0 radical (unpaired) electrons. The van der Waals surface area contributed by atoms with Gasteiger partial charge in [-0.3, -0.25) is 19.9 Å². The van der Waals surface area contributed by atoms with Crippen LogP contribution in [-0.4, -0.2) is 40.4 Å². The molecule has 3 rings (SSSR count). The lowest BCUT2D eigenvalue weighted by atomic mass is 10.1. The van der Waals surface area contributed by atoms with Crippen LogP contribution in [0.15, 0.2) is 30.5 Å². The second kappa shape index (κ2) is 7.57. The number of aryl methyl sites for hydroxylation is 1. The molecule has 1 unspecified atom stereocenters. The van der Waals surface area contributed by atoms with Crippen LogP contribution in [0.4, 0.5) is 5.69 Å². The summed E-state index contributed by atoms with van der Waals surface area (Å²) in [5.41, 5.74) is 1.12. The van der Waals surface area contributed by atoms with Crippen LogP contribution in [0.2, 0.25) is 10.0 Å². The smallest absolute Gasteiger partial charge is 0.288 e. The Morgan fingerprint density at radius 2 is 2.19 bits per heavy atom. The van der Waals surface area contributed by atoms with Crippen molar-refractivity contribution >= 4 is 34.8 Å². The first-order chi connectivity index (χ1) is 12.4. The predicted molar refractivity (Wildman–Crippen MR) is 96.7 cm³/mol. The molecule has 2 aromatic rings. The van der Waals surface area contributed by atoms with Crippen molar-refractivity contribution in [1.29, 1.82) is 0 Å². The monoisotopic (exact) mass is 395 g/mol. The van der Waals surface area contributed by atoms with Crippen LogP contribution in [0.25, 0.3) is 0 Å². The number of ether oxygens (including phenoxy) is 1. The van der Waals surface area contributed by atoms with E-state index in [0.29, 0.717) is 34.5 Å². The molecule has 1 aromatic heterocycles. The molecule has 1 saturated heterocycles. The number of hydrogen-bond acceptors (Lipinski definition) is 5. The van der Waals surface area contributed by atoms with Crippen LogP contribution in [0.5, 0.6) is 0 Å². The number of morpholine rings is 1. The molecule has 136 valence electrons. The largest absolute Gasteiger partial charge is 0.370 e. The molecule has 0 aliphatic carbocycles. The highest BCUT2D eigenvalue weighted by Crippen LogP contribution is 2.33. The molecular weight excluding hydrogens is 381 g/mol. The van der Waals surface area contributed by atoms with Gasteiger partial charge in [0.1, 0.15) is 12.3 Å². The van der Waals surface area contributed by atoms with Crippen LogP contribution in [0.3, 0.4) is 0 Å². The summed E-state index contributed by atoms with van der Waals surface area (Å²) in [6.45, 7) is 2.60. The number of halogens is 2. The summed E-state index contributed by atoms with van der Waals surface area (Å²) in [6.07, 6.45) is 0.714. The highest BCUT2D eigenvalue weighted by molar-refractivity contribution is 6.42. The standard InChI is InChI=1S/C17H15Cl2N3O4/c1-10-13(7-11(8-20-10)22(24)25)17(23)21-5-6-26-15(9-21)12-3-2-4-14(18)16(12)19/h2-4,7-8,15H,5-6,9H2,1H3. The number of amides is 1. The normalized spacial score (nSPS) is 17.2. The Morgan fingerprint density at radius 3 is 2.92 bits per heavy atom. The van der Waals surface area contributed by atoms with E-state index in [2.05, 4.69) is 4.98 Å². The molecule has 0 saturated carbocycles. The van der Waals surface area contributed by atoms with Crippen LogP contribution >= 0.6 is 23.2 Å². The van der Waals surface area contributed by atoms with Gasteiger partial charge in [-0.2, -0.15) is 0 Å². The van der Waals surface area contributed by atoms with E-state index in [4.69, 9.17) is 27.9 Å². The lowest BCUT2D eigenvalue weighted by Gasteiger charge is -2.33. The van der Waals surface area contributed by atoms with Crippen molar-refractivity contribution in [3.05, 3.63) is 67.4 Å². The first-order valence-electron chi connectivity index (χ1n) is 7.84. The van der Waals surface area contributed by atoms with Gasteiger partial charge >= 0.3 is 0 Å². The first-order valence-corrected chi connectivity index (χ1v) is 8.60. The predicted octanol–water partition coefficient (Wildman–Crippen LogP) is 3.82. The van der Waals surface area contributed by atoms with Crippen molar-refractivity contribution in [2.24, 2.45) is 0 Å². The molecule has 1 aliphatic heterocycles. The second-order valence-electron chi connectivity index (χ2n) is 5.84. The van der Waals surface area contributed by atoms with Crippen molar-refractivity contribution in [3.8, 4) is 0 Å². The van der Waals surface area contributed by atoms with Crippen LogP contribution in [0.1, 0.15) is 27.7 Å². The molecule has 2 heterocycles. The number of aromatic nitrogens is 1. The van der Waals surface area contributed by atoms with Gasteiger partial charge in [0.25, 0.3) is 11.6 Å². The minimum absolute atomic E-state index is 0.206. The second-order valence-corrected chi connectivity index (χ2v) is 6.62. The van der Waals surface area contributed by atoms with E-state index in [0.717, 1.165) is 6.20 Å².